The van der Waals surface area contributed by atoms with E-state index >= 15 is 0 Å². The molecule has 1 aromatic carbocycles. The Morgan fingerprint density at radius 2 is 2.00 bits per heavy atom. The molecule has 0 aliphatic heterocycles. The third kappa shape index (κ3) is 2.71. The van der Waals surface area contributed by atoms with E-state index in [2.05, 4.69) is 22.2 Å². The molecule has 4 nitrogen and oxygen atoms in total. The lowest BCUT2D eigenvalue weighted by Gasteiger charge is -2.22. The summed E-state index contributed by atoms with van der Waals surface area (Å²) in [5, 5.41) is 3.07. The molecule has 0 aliphatic rings. The maximum atomic E-state index is 13.9. The highest BCUT2D eigenvalue weighted by molar-refractivity contribution is 5.67. The number of nitrogens with one attached hydrogen (secondary N) is 1. The standard InChI is InChI=1S/C15H19FN4/c1-4-7-11-14(17-2)18-10-19-15(11)20(3)13-9-6-5-8-12(13)16/h5-6,8-10H,4,7H2,1-3H3,(H,17,18,19). The summed E-state index contributed by atoms with van der Waals surface area (Å²) in [6, 6.07) is 6.69. The van der Waals surface area contributed by atoms with Crippen LogP contribution in [0.1, 0.15) is 18.9 Å². The fourth-order valence-corrected chi connectivity index (χ4v) is 2.23. The molecule has 106 valence electrons. The van der Waals surface area contributed by atoms with E-state index in [1.165, 1.54) is 12.4 Å². The largest absolute Gasteiger partial charge is 0.373 e. The number of aromatic nitrogens is 2. The molecule has 0 radical (unpaired) electrons. The van der Waals surface area contributed by atoms with Crippen LogP contribution in [-0.2, 0) is 6.42 Å². The van der Waals surface area contributed by atoms with Crippen molar-refractivity contribution in [3.63, 3.8) is 0 Å². The van der Waals surface area contributed by atoms with Gasteiger partial charge in [0.1, 0.15) is 23.8 Å². The van der Waals surface area contributed by atoms with Gasteiger partial charge in [0, 0.05) is 19.7 Å². The van der Waals surface area contributed by atoms with Gasteiger partial charge in [-0.25, -0.2) is 14.4 Å². The Labute approximate surface area is 118 Å². The molecule has 5 heteroatoms. The fraction of sp³-hybridized carbons (Fsp3) is 0.333. The maximum absolute atomic E-state index is 13.9. The molecule has 0 fully saturated rings. The highest BCUT2D eigenvalue weighted by Crippen LogP contribution is 2.30. The average Bonchev–Trinajstić information content (AvgIpc) is 2.47. The van der Waals surface area contributed by atoms with Gasteiger partial charge in [-0.1, -0.05) is 25.5 Å². The predicted octanol–water partition coefficient (Wildman–Crippen LogP) is 3.38. The molecule has 20 heavy (non-hydrogen) atoms. The summed E-state index contributed by atoms with van der Waals surface area (Å²) in [6.45, 7) is 2.10. The number of benzene rings is 1. The van der Waals surface area contributed by atoms with E-state index in [-0.39, 0.29) is 5.82 Å². The van der Waals surface area contributed by atoms with Crippen LogP contribution < -0.4 is 10.2 Å². The Balaban J connectivity index is 2.49. The zero-order valence-electron chi connectivity index (χ0n) is 12.0. The van der Waals surface area contributed by atoms with Crippen LogP contribution in [0.2, 0.25) is 0 Å². The summed E-state index contributed by atoms with van der Waals surface area (Å²) in [5.41, 5.74) is 1.51. The van der Waals surface area contributed by atoms with Gasteiger partial charge in [0.2, 0.25) is 0 Å². The fourth-order valence-electron chi connectivity index (χ4n) is 2.23. The van der Waals surface area contributed by atoms with E-state index < -0.39 is 0 Å². The van der Waals surface area contributed by atoms with Crippen LogP contribution in [0, 0.1) is 5.82 Å². The molecular formula is C15H19FN4. The SMILES string of the molecule is CCCc1c(NC)ncnc1N(C)c1ccccc1F. The number of nitrogens with zero attached hydrogens (tertiary/aromatic N) is 3. The van der Waals surface area contributed by atoms with E-state index in [1.807, 2.05) is 20.2 Å². The third-order valence-corrected chi connectivity index (χ3v) is 3.19. The van der Waals surface area contributed by atoms with E-state index in [0.717, 1.165) is 30.0 Å². The first kappa shape index (κ1) is 14.2. The number of hydrogen-bond acceptors (Lipinski definition) is 4. The van der Waals surface area contributed by atoms with Crippen molar-refractivity contribution in [2.24, 2.45) is 0 Å². The Kier molecular flexibility index (Phi) is 4.50. The third-order valence-electron chi connectivity index (χ3n) is 3.19. The molecule has 0 bridgehead atoms. The number of para-hydroxylation sites is 1. The van der Waals surface area contributed by atoms with Gasteiger partial charge in [-0.05, 0) is 18.6 Å². The summed E-state index contributed by atoms with van der Waals surface area (Å²) in [7, 11) is 3.65. The molecular weight excluding hydrogens is 255 g/mol. The maximum Gasteiger partial charge on any atom is 0.146 e. The minimum absolute atomic E-state index is 0.262. The second kappa shape index (κ2) is 6.32. The highest BCUT2D eigenvalue weighted by atomic mass is 19.1. The Morgan fingerprint density at radius 1 is 1.25 bits per heavy atom. The number of hydrogen-bond donors (Lipinski definition) is 1. The molecule has 2 aromatic rings. The Morgan fingerprint density at radius 3 is 2.65 bits per heavy atom. The van der Waals surface area contributed by atoms with Gasteiger partial charge in [0.05, 0.1) is 5.69 Å². The molecule has 2 rings (SSSR count). The van der Waals surface area contributed by atoms with E-state index in [0.29, 0.717) is 5.69 Å². The normalized spacial score (nSPS) is 10.4. The number of anilines is 3. The lowest BCUT2D eigenvalue weighted by Crippen LogP contribution is -2.16. The van der Waals surface area contributed by atoms with Gasteiger partial charge in [-0.2, -0.15) is 0 Å². The summed E-state index contributed by atoms with van der Waals surface area (Å²) < 4.78 is 13.9. The first-order valence-electron chi connectivity index (χ1n) is 6.69. The van der Waals surface area contributed by atoms with Crippen LogP contribution in [0.3, 0.4) is 0 Å². The van der Waals surface area contributed by atoms with Crippen LogP contribution in [0.15, 0.2) is 30.6 Å². The highest BCUT2D eigenvalue weighted by Gasteiger charge is 2.16. The van der Waals surface area contributed by atoms with Crippen molar-refractivity contribution in [1.82, 2.24) is 9.97 Å². The van der Waals surface area contributed by atoms with Crippen LogP contribution in [-0.4, -0.2) is 24.1 Å². The van der Waals surface area contributed by atoms with Gasteiger partial charge in [-0.15, -0.1) is 0 Å². The second-order valence-electron chi connectivity index (χ2n) is 4.53. The van der Waals surface area contributed by atoms with Gasteiger partial charge < -0.3 is 10.2 Å². The lowest BCUT2D eigenvalue weighted by atomic mass is 10.1. The van der Waals surface area contributed by atoms with Crippen molar-refractivity contribution in [2.75, 3.05) is 24.3 Å². The van der Waals surface area contributed by atoms with E-state index in [9.17, 15) is 4.39 Å². The molecule has 1 heterocycles. The van der Waals surface area contributed by atoms with E-state index in [4.69, 9.17) is 0 Å². The molecule has 0 saturated carbocycles. The van der Waals surface area contributed by atoms with Gasteiger partial charge >= 0.3 is 0 Å². The van der Waals surface area contributed by atoms with Crippen LogP contribution in [0.25, 0.3) is 0 Å². The van der Waals surface area contributed by atoms with Gasteiger partial charge in [0.15, 0.2) is 0 Å². The zero-order valence-corrected chi connectivity index (χ0v) is 12.0. The Hall–Kier alpha value is -2.17. The molecule has 0 spiro atoms. The van der Waals surface area contributed by atoms with Crippen molar-refractivity contribution in [3.8, 4) is 0 Å². The van der Waals surface area contributed by atoms with Crippen molar-refractivity contribution in [1.29, 1.82) is 0 Å². The molecule has 0 atom stereocenters. The van der Waals surface area contributed by atoms with Crippen LogP contribution in [0.5, 0.6) is 0 Å². The summed E-state index contributed by atoms with van der Waals surface area (Å²) in [5.74, 6) is 1.26. The van der Waals surface area contributed by atoms with Crippen molar-refractivity contribution in [3.05, 3.63) is 42.0 Å². The average molecular weight is 274 g/mol. The lowest BCUT2D eigenvalue weighted by molar-refractivity contribution is 0.627. The summed E-state index contributed by atoms with van der Waals surface area (Å²) >= 11 is 0. The zero-order chi connectivity index (χ0) is 14.5. The summed E-state index contributed by atoms with van der Waals surface area (Å²) in [4.78, 5) is 10.3. The minimum Gasteiger partial charge on any atom is -0.373 e. The quantitative estimate of drug-likeness (QED) is 0.907. The van der Waals surface area contributed by atoms with Crippen molar-refractivity contribution in [2.45, 2.75) is 19.8 Å². The van der Waals surface area contributed by atoms with Gasteiger partial charge in [-0.3, -0.25) is 0 Å². The van der Waals surface area contributed by atoms with Gasteiger partial charge in [0.25, 0.3) is 0 Å². The summed E-state index contributed by atoms with van der Waals surface area (Å²) in [6.07, 6.45) is 3.31. The molecule has 0 amide bonds. The predicted molar refractivity (Wildman–Crippen MR) is 80.0 cm³/mol. The molecule has 1 aromatic heterocycles. The Bertz CT molecular complexity index is 586. The first-order valence-corrected chi connectivity index (χ1v) is 6.69. The molecule has 0 saturated heterocycles. The first-order chi connectivity index (χ1) is 9.69. The smallest absolute Gasteiger partial charge is 0.146 e. The van der Waals surface area contributed by atoms with E-state index in [1.54, 1.807) is 17.0 Å². The molecule has 0 aliphatic carbocycles. The monoisotopic (exact) mass is 274 g/mol. The van der Waals surface area contributed by atoms with Crippen molar-refractivity contribution >= 4 is 17.3 Å². The molecule has 0 unspecified atom stereocenters. The topological polar surface area (TPSA) is 41.1 Å². The van der Waals surface area contributed by atoms with Crippen LogP contribution >= 0.6 is 0 Å². The van der Waals surface area contributed by atoms with Crippen molar-refractivity contribution < 1.29 is 4.39 Å². The van der Waals surface area contributed by atoms with Crippen LogP contribution in [0.4, 0.5) is 21.7 Å². The number of halogens is 1. The molecule has 1 N–H and O–H groups in total. The second-order valence-corrected chi connectivity index (χ2v) is 4.53. The number of rotatable bonds is 5. The minimum atomic E-state index is -0.262.